The number of ketones is 1. The van der Waals surface area contributed by atoms with E-state index in [-0.39, 0.29) is 22.0 Å². The molecule has 0 atom stereocenters. The van der Waals surface area contributed by atoms with Gasteiger partial charge in [-0.25, -0.2) is 4.39 Å². The van der Waals surface area contributed by atoms with E-state index in [4.69, 9.17) is 17.3 Å². The molecule has 0 saturated heterocycles. The number of primary amides is 1. The van der Waals surface area contributed by atoms with Gasteiger partial charge >= 0.3 is 5.91 Å². The van der Waals surface area contributed by atoms with Gasteiger partial charge in [-0.05, 0) is 70.2 Å². The van der Waals surface area contributed by atoms with Crippen LogP contribution >= 0.6 is 11.6 Å². The first-order valence-corrected chi connectivity index (χ1v) is 10.7. The van der Waals surface area contributed by atoms with Gasteiger partial charge in [-0.15, -0.1) is 0 Å². The molecule has 0 aliphatic heterocycles. The van der Waals surface area contributed by atoms with E-state index in [1.165, 1.54) is 21.6 Å². The van der Waals surface area contributed by atoms with Crippen molar-refractivity contribution in [1.82, 2.24) is 4.57 Å². The molecule has 32 heavy (non-hydrogen) atoms. The molecule has 2 amide bonds. The fourth-order valence-electron chi connectivity index (χ4n) is 4.61. The molecule has 9 heteroatoms. The van der Waals surface area contributed by atoms with Crippen LogP contribution in [-0.2, 0) is 11.8 Å². The summed E-state index contributed by atoms with van der Waals surface area (Å²) in [5.74, 6) is -2.96. The number of amides is 2. The number of carbonyl (C=O) groups is 3. The fourth-order valence-corrected chi connectivity index (χ4v) is 4.79. The first-order valence-electron chi connectivity index (χ1n) is 10.4. The van der Waals surface area contributed by atoms with Gasteiger partial charge in [0.15, 0.2) is 0 Å². The molecule has 0 bridgehead atoms. The van der Waals surface area contributed by atoms with Gasteiger partial charge in [0.25, 0.3) is 11.7 Å². The second-order valence-corrected chi connectivity index (χ2v) is 9.06. The van der Waals surface area contributed by atoms with Crippen molar-refractivity contribution in [1.29, 1.82) is 0 Å². The highest BCUT2D eigenvalue weighted by Gasteiger charge is 2.43. The minimum Gasteiger partial charge on any atom is -0.393 e. The van der Waals surface area contributed by atoms with E-state index in [0.717, 1.165) is 6.07 Å². The predicted molar refractivity (Wildman–Crippen MR) is 120 cm³/mol. The van der Waals surface area contributed by atoms with Crippen molar-refractivity contribution in [2.75, 3.05) is 4.90 Å². The maximum atomic E-state index is 13.8. The number of Topliss-reactive ketones (excluding diaryl/α,β-unsaturated/α-hetero) is 1. The summed E-state index contributed by atoms with van der Waals surface area (Å²) in [4.78, 5) is 40.4. The Labute approximate surface area is 190 Å². The summed E-state index contributed by atoms with van der Waals surface area (Å²) < 4.78 is 15.3. The smallest absolute Gasteiger partial charge is 0.301 e. The number of aliphatic hydroxyl groups excluding tert-OH is 1. The summed E-state index contributed by atoms with van der Waals surface area (Å²) in [6, 6.07) is 3.86. The van der Waals surface area contributed by atoms with E-state index in [2.05, 4.69) is 0 Å². The van der Waals surface area contributed by atoms with Gasteiger partial charge in [-0.2, -0.15) is 0 Å². The Morgan fingerprint density at radius 3 is 2.34 bits per heavy atom. The van der Waals surface area contributed by atoms with Gasteiger partial charge in [0, 0.05) is 24.0 Å². The summed E-state index contributed by atoms with van der Waals surface area (Å²) in [6.45, 7) is 5.06. The molecule has 3 rings (SSSR count). The zero-order chi connectivity index (χ0) is 24.0. The Balaban J connectivity index is 2.12. The highest BCUT2D eigenvalue weighted by molar-refractivity contribution is 6.47. The van der Waals surface area contributed by atoms with Crippen LogP contribution in [-0.4, -0.2) is 38.9 Å². The highest BCUT2D eigenvalue weighted by atomic mass is 35.5. The first-order chi connectivity index (χ1) is 14.9. The number of nitrogens with two attached hydrogens (primary N) is 1. The molecule has 1 heterocycles. The number of aromatic nitrogens is 1. The highest BCUT2D eigenvalue weighted by Crippen LogP contribution is 2.38. The van der Waals surface area contributed by atoms with Gasteiger partial charge in [-0.3, -0.25) is 19.3 Å². The average Bonchev–Trinajstić information content (AvgIpc) is 2.95. The van der Waals surface area contributed by atoms with Crippen LogP contribution in [0.25, 0.3) is 0 Å². The van der Waals surface area contributed by atoms with Crippen molar-refractivity contribution in [2.24, 2.45) is 12.8 Å². The minimum atomic E-state index is -0.828. The molecule has 3 N–H and O–H groups in total. The van der Waals surface area contributed by atoms with Gasteiger partial charge in [0.2, 0.25) is 0 Å². The SMILES string of the molecule is Cc1c(C(N)=O)c(C)n(C)c1C(=O)C(=O)N(c1ccc(F)c(Cl)c1)C1(C)CCC(O)CC1. The lowest BCUT2D eigenvalue weighted by Gasteiger charge is -2.44. The second-order valence-electron chi connectivity index (χ2n) is 8.65. The summed E-state index contributed by atoms with van der Waals surface area (Å²) in [6.07, 6.45) is 1.32. The number of halogens is 2. The summed E-state index contributed by atoms with van der Waals surface area (Å²) in [5, 5.41) is 9.80. The van der Waals surface area contributed by atoms with E-state index >= 15 is 0 Å². The molecule has 0 radical (unpaired) electrons. The number of hydrogen-bond donors (Lipinski definition) is 2. The number of benzene rings is 1. The molecule has 172 valence electrons. The van der Waals surface area contributed by atoms with Crippen molar-refractivity contribution in [3.8, 4) is 0 Å². The number of anilines is 1. The molecule has 1 aliphatic carbocycles. The molecule has 2 aromatic rings. The third-order valence-electron chi connectivity index (χ3n) is 6.52. The lowest BCUT2D eigenvalue weighted by molar-refractivity contribution is -0.116. The van der Waals surface area contributed by atoms with Crippen molar-refractivity contribution < 1.29 is 23.9 Å². The number of rotatable bonds is 5. The number of carbonyl (C=O) groups excluding carboxylic acids is 3. The Morgan fingerprint density at radius 1 is 1.25 bits per heavy atom. The van der Waals surface area contributed by atoms with Crippen molar-refractivity contribution in [3.63, 3.8) is 0 Å². The summed E-state index contributed by atoms with van der Waals surface area (Å²) >= 11 is 5.98. The Bertz CT molecular complexity index is 1100. The zero-order valence-electron chi connectivity index (χ0n) is 18.5. The molecule has 1 aromatic carbocycles. The van der Waals surface area contributed by atoms with Crippen LogP contribution in [0.15, 0.2) is 18.2 Å². The molecule has 1 aliphatic rings. The van der Waals surface area contributed by atoms with E-state index < -0.39 is 35.1 Å². The summed E-state index contributed by atoms with van der Waals surface area (Å²) in [5.41, 5.74) is 6.04. The molecule has 1 saturated carbocycles. The lowest BCUT2D eigenvalue weighted by Crippen LogP contribution is -2.55. The fraction of sp³-hybridized carbons (Fsp3) is 0.435. The van der Waals surface area contributed by atoms with Crippen LogP contribution in [0.2, 0.25) is 5.02 Å². The third-order valence-corrected chi connectivity index (χ3v) is 6.81. The lowest BCUT2D eigenvalue weighted by atomic mass is 9.80. The van der Waals surface area contributed by atoms with Crippen LogP contribution < -0.4 is 10.6 Å². The largest absolute Gasteiger partial charge is 0.393 e. The maximum Gasteiger partial charge on any atom is 0.301 e. The molecule has 0 spiro atoms. The zero-order valence-corrected chi connectivity index (χ0v) is 19.3. The van der Waals surface area contributed by atoms with Gasteiger partial charge in [-0.1, -0.05) is 11.6 Å². The topological polar surface area (TPSA) is 106 Å². The number of aliphatic hydroxyl groups is 1. The molecular weight excluding hydrogens is 437 g/mol. The number of hydrogen-bond acceptors (Lipinski definition) is 4. The standard InChI is InChI=1S/C23H27ClFN3O4/c1-12-18(21(26)31)13(2)27(4)19(12)20(30)22(32)28(14-5-6-17(25)16(24)11-14)23(3)9-7-15(29)8-10-23/h5-6,11,15,29H,7-10H2,1-4H3,(H2,26,31). The van der Waals surface area contributed by atoms with E-state index in [0.29, 0.717) is 36.9 Å². The molecule has 1 aromatic heterocycles. The number of nitrogens with zero attached hydrogens (tertiary/aromatic N) is 2. The van der Waals surface area contributed by atoms with Crippen molar-refractivity contribution in [3.05, 3.63) is 51.6 Å². The van der Waals surface area contributed by atoms with Crippen LogP contribution in [0.1, 0.15) is 64.7 Å². The maximum absolute atomic E-state index is 13.8. The van der Waals surface area contributed by atoms with Crippen LogP contribution in [0.4, 0.5) is 10.1 Å². The van der Waals surface area contributed by atoms with Crippen molar-refractivity contribution >= 4 is 34.9 Å². The quantitative estimate of drug-likeness (QED) is 0.523. The second kappa shape index (κ2) is 8.67. The van der Waals surface area contributed by atoms with Gasteiger partial charge in [0.05, 0.1) is 22.4 Å². The van der Waals surface area contributed by atoms with Gasteiger partial charge < -0.3 is 15.4 Å². The minimum absolute atomic E-state index is 0.0685. The first kappa shape index (κ1) is 23.9. The Kier molecular flexibility index (Phi) is 6.49. The van der Waals surface area contributed by atoms with Gasteiger partial charge in [0.1, 0.15) is 5.82 Å². The molecule has 1 fully saturated rings. The van der Waals surface area contributed by atoms with Crippen LogP contribution in [0.3, 0.4) is 0 Å². The molecule has 7 nitrogen and oxygen atoms in total. The Morgan fingerprint density at radius 2 is 1.84 bits per heavy atom. The van der Waals surface area contributed by atoms with E-state index in [1.54, 1.807) is 20.9 Å². The summed E-state index contributed by atoms with van der Waals surface area (Å²) in [7, 11) is 1.59. The monoisotopic (exact) mass is 463 g/mol. The predicted octanol–water partition coefficient (Wildman–Crippen LogP) is 3.44. The molecule has 0 unspecified atom stereocenters. The Hall–Kier alpha value is -2.71. The van der Waals surface area contributed by atoms with E-state index in [1.807, 2.05) is 6.92 Å². The van der Waals surface area contributed by atoms with Crippen LogP contribution in [0, 0.1) is 19.7 Å². The van der Waals surface area contributed by atoms with Crippen molar-refractivity contribution in [2.45, 2.75) is 58.1 Å². The normalized spacial score (nSPS) is 20.8. The van der Waals surface area contributed by atoms with Crippen LogP contribution in [0.5, 0.6) is 0 Å². The third kappa shape index (κ3) is 4.04. The molecular formula is C23H27ClFN3O4. The average molecular weight is 464 g/mol. The van der Waals surface area contributed by atoms with E-state index in [9.17, 15) is 23.9 Å².